The van der Waals surface area contributed by atoms with Gasteiger partial charge in [0.1, 0.15) is 5.82 Å². The van der Waals surface area contributed by atoms with Gasteiger partial charge < -0.3 is 9.88 Å². The van der Waals surface area contributed by atoms with Crippen molar-refractivity contribution in [3.63, 3.8) is 0 Å². The van der Waals surface area contributed by atoms with Gasteiger partial charge in [0.2, 0.25) is 5.91 Å². The molecule has 0 spiro atoms. The monoisotopic (exact) mass is 358 g/mol. The number of para-hydroxylation sites is 1. The molecule has 2 aromatic rings. The third-order valence-corrected chi connectivity index (χ3v) is 5.83. The summed E-state index contributed by atoms with van der Waals surface area (Å²) in [6.07, 6.45) is 4.97. The Labute approximate surface area is 153 Å². The van der Waals surface area contributed by atoms with E-state index < -0.39 is 0 Å². The van der Waals surface area contributed by atoms with Crippen LogP contribution in [0.25, 0.3) is 0 Å². The molecule has 3 rings (SSSR count). The number of aryl methyl sites for hydroxylation is 2. The SMILES string of the molecule is CCn1c(SCC(=O)Nc2c(C)cccc2C)nnc1C1CCCC1. The molecule has 0 saturated heterocycles. The Kier molecular flexibility index (Phi) is 5.78. The first-order valence-electron chi connectivity index (χ1n) is 9.02. The summed E-state index contributed by atoms with van der Waals surface area (Å²) in [7, 11) is 0. The number of amides is 1. The van der Waals surface area contributed by atoms with E-state index in [0.717, 1.165) is 34.3 Å². The number of carbonyl (C=O) groups excluding carboxylic acids is 1. The highest BCUT2D eigenvalue weighted by molar-refractivity contribution is 7.99. The van der Waals surface area contributed by atoms with Crippen molar-refractivity contribution >= 4 is 23.4 Å². The molecule has 0 atom stereocenters. The van der Waals surface area contributed by atoms with E-state index in [2.05, 4.69) is 27.0 Å². The Balaban J connectivity index is 1.64. The zero-order valence-electron chi connectivity index (χ0n) is 15.2. The lowest BCUT2D eigenvalue weighted by molar-refractivity contribution is -0.113. The van der Waals surface area contributed by atoms with E-state index in [1.165, 1.54) is 37.4 Å². The van der Waals surface area contributed by atoms with E-state index >= 15 is 0 Å². The minimum Gasteiger partial charge on any atom is -0.325 e. The third-order valence-electron chi connectivity index (χ3n) is 4.86. The van der Waals surface area contributed by atoms with Crippen LogP contribution in [0.1, 0.15) is 55.5 Å². The van der Waals surface area contributed by atoms with Crippen molar-refractivity contribution in [2.75, 3.05) is 11.1 Å². The molecule has 0 bridgehead atoms. The van der Waals surface area contributed by atoms with Crippen LogP contribution in [0.2, 0.25) is 0 Å². The summed E-state index contributed by atoms with van der Waals surface area (Å²) in [6, 6.07) is 6.03. The second-order valence-electron chi connectivity index (χ2n) is 6.67. The van der Waals surface area contributed by atoms with E-state index in [0.29, 0.717) is 11.7 Å². The van der Waals surface area contributed by atoms with E-state index in [1.54, 1.807) is 0 Å². The minimum atomic E-state index is -0.00419. The number of hydrogen-bond acceptors (Lipinski definition) is 4. The number of rotatable bonds is 6. The fraction of sp³-hybridized carbons (Fsp3) is 0.526. The summed E-state index contributed by atoms with van der Waals surface area (Å²) in [5.41, 5.74) is 3.08. The normalized spacial score (nSPS) is 14.8. The van der Waals surface area contributed by atoms with Crippen molar-refractivity contribution < 1.29 is 4.79 Å². The number of thioether (sulfide) groups is 1. The molecule has 1 heterocycles. The number of benzene rings is 1. The Bertz CT molecular complexity index is 730. The highest BCUT2D eigenvalue weighted by Crippen LogP contribution is 2.34. The topological polar surface area (TPSA) is 59.8 Å². The maximum atomic E-state index is 12.4. The van der Waals surface area contributed by atoms with Crippen LogP contribution < -0.4 is 5.32 Å². The van der Waals surface area contributed by atoms with Gasteiger partial charge in [0.15, 0.2) is 5.16 Å². The zero-order chi connectivity index (χ0) is 17.8. The Morgan fingerprint density at radius 1 is 1.24 bits per heavy atom. The van der Waals surface area contributed by atoms with Gasteiger partial charge in [-0.05, 0) is 44.7 Å². The van der Waals surface area contributed by atoms with Crippen LogP contribution >= 0.6 is 11.8 Å². The first-order chi connectivity index (χ1) is 12.1. The Hall–Kier alpha value is -1.82. The van der Waals surface area contributed by atoms with Crippen LogP contribution in [-0.4, -0.2) is 26.4 Å². The van der Waals surface area contributed by atoms with Crippen molar-refractivity contribution in [3.8, 4) is 0 Å². The third kappa shape index (κ3) is 4.06. The van der Waals surface area contributed by atoms with Crippen LogP contribution in [0.3, 0.4) is 0 Å². The van der Waals surface area contributed by atoms with Gasteiger partial charge in [0.25, 0.3) is 0 Å². The summed E-state index contributed by atoms with van der Waals surface area (Å²) in [4.78, 5) is 12.4. The molecule has 1 aliphatic rings. The van der Waals surface area contributed by atoms with Crippen LogP contribution in [0, 0.1) is 13.8 Å². The fourth-order valence-corrected chi connectivity index (χ4v) is 4.32. The first-order valence-corrected chi connectivity index (χ1v) is 10.0. The summed E-state index contributed by atoms with van der Waals surface area (Å²) in [6.45, 7) is 6.98. The minimum absolute atomic E-state index is 0.00419. The molecule has 1 N–H and O–H groups in total. The summed E-state index contributed by atoms with van der Waals surface area (Å²) >= 11 is 1.47. The number of anilines is 1. The molecule has 6 heteroatoms. The van der Waals surface area contributed by atoms with Crippen LogP contribution in [0.5, 0.6) is 0 Å². The number of carbonyl (C=O) groups is 1. The van der Waals surface area contributed by atoms with Gasteiger partial charge in [0.05, 0.1) is 5.75 Å². The van der Waals surface area contributed by atoms with Gasteiger partial charge in [-0.15, -0.1) is 10.2 Å². The molecule has 0 unspecified atom stereocenters. The van der Waals surface area contributed by atoms with Gasteiger partial charge in [-0.1, -0.05) is 42.8 Å². The quantitative estimate of drug-likeness (QED) is 0.782. The first kappa shape index (κ1) is 18.0. The number of nitrogens with zero attached hydrogens (tertiary/aromatic N) is 3. The summed E-state index contributed by atoms with van der Waals surface area (Å²) in [5.74, 6) is 1.97. The maximum Gasteiger partial charge on any atom is 0.234 e. The zero-order valence-corrected chi connectivity index (χ0v) is 16.0. The second-order valence-corrected chi connectivity index (χ2v) is 7.61. The number of hydrogen-bond donors (Lipinski definition) is 1. The molecule has 25 heavy (non-hydrogen) atoms. The second kappa shape index (κ2) is 8.04. The van der Waals surface area contributed by atoms with Gasteiger partial charge >= 0.3 is 0 Å². The molecule has 1 aliphatic carbocycles. The van der Waals surface area contributed by atoms with Crippen molar-refractivity contribution in [3.05, 3.63) is 35.2 Å². The molecule has 1 fully saturated rings. The fourth-order valence-electron chi connectivity index (χ4n) is 3.51. The molecular weight excluding hydrogens is 332 g/mol. The molecule has 1 aromatic heterocycles. The number of aromatic nitrogens is 3. The highest BCUT2D eigenvalue weighted by atomic mass is 32.2. The largest absolute Gasteiger partial charge is 0.325 e. The van der Waals surface area contributed by atoms with Crippen LogP contribution in [0.4, 0.5) is 5.69 Å². The lowest BCUT2D eigenvalue weighted by Crippen LogP contribution is -2.16. The van der Waals surface area contributed by atoms with Crippen molar-refractivity contribution in [1.82, 2.24) is 14.8 Å². The van der Waals surface area contributed by atoms with Gasteiger partial charge in [0, 0.05) is 18.2 Å². The van der Waals surface area contributed by atoms with Crippen molar-refractivity contribution in [2.24, 2.45) is 0 Å². The van der Waals surface area contributed by atoms with Crippen LogP contribution in [-0.2, 0) is 11.3 Å². The van der Waals surface area contributed by atoms with Crippen molar-refractivity contribution in [1.29, 1.82) is 0 Å². The molecule has 0 aliphatic heterocycles. The van der Waals surface area contributed by atoms with Crippen molar-refractivity contribution in [2.45, 2.75) is 64.1 Å². The summed E-state index contributed by atoms with van der Waals surface area (Å²) in [5, 5.41) is 12.6. The molecule has 134 valence electrons. The molecule has 0 radical (unpaired) electrons. The van der Waals surface area contributed by atoms with E-state index in [4.69, 9.17) is 0 Å². The van der Waals surface area contributed by atoms with E-state index in [-0.39, 0.29) is 5.91 Å². The predicted molar refractivity (Wildman–Crippen MR) is 102 cm³/mol. The van der Waals surface area contributed by atoms with Crippen LogP contribution in [0.15, 0.2) is 23.4 Å². The number of nitrogens with one attached hydrogen (secondary N) is 1. The standard InChI is InChI=1S/C19H26N4OS/c1-4-23-18(15-10-5-6-11-15)21-22-19(23)25-12-16(24)20-17-13(2)8-7-9-14(17)3/h7-9,15H,4-6,10-12H2,1-3H3,(H,20,24). The van der Waals surface area contributed by atoms with E-state index in [1.807, 2.05) is 32.0 Å². The predicted octanol–water partition coefficient (Wildman–Crippen LogP) is 4.30. The van der Waals surface area contributed by atoms with Gasteiger partial charge in [-0.2, -0.15) is 0 Å². The lowest BCUT2D eigenvalue weighted by atomic mass is 10.1. The average Bonchev–Trinajstić information content (AvgIpc) is 3.25. The molecule has 1 amide bonds. The van der Waals surface area contributed by atoms with Gasteiger partial charge in [-0.3, -0.25) is 4.79 Å². The molecule has 5 nitrogen and oxygen atoms in total. The molecular formula is C19H26N4OS. The van der Waals surface area contributed by atoms with E-state index in [9.17, 15) is 4.79 Å². The average molecular weight is 359 g/mol. The maximum absolute atomic E-state index is 12.4. The summed E-state index contributed by atoms with van der Waals surface area (Å²) < 4.78 is 2.17. The Morgan fingerprint density at radius 2 is 1.92 bits per heavy atom. The smallest absolute Gasteiger partial charge is 0.234 e. The van der Waals surface area contributed by atoms with Gasteiger partial charge in [-0.25, -0.2) is 0 Å². The lowest BCUT2D eigenvalue weighted by Gasteiger charge is -2.12. The highest BCUT2D eigenvalue weighted by Gasteiger charge is 2.24. The molecule has 1 aromatic carbocycles. The molecule has 1 saturated carbocycles. The Morgan fingerprint density at radius 3 is 2.56 bits per heavy atom.